The molecule has 0 aliphatic rings. The van der Waals surface area contributed by atoms with Gasteiger partial charge in [0.15, 0.2) is 0 Å². The minimum absolute atomic E-state index is 0.0980. The molecule has 2 atom stereocenters. The predicted octanol–water partition coefficient (Wildman–Crippen LogP) is 2.47. The summed E-state index contributed by atoms with van der Waals surface area (Å²) in [6.45, 7) is 4.52. The van der Waals surface area contributed by atoms with Crippen molar-refractivity contribution in [2.75, 3.05) is 33.5 Å². The van der Waals surface area contributed by atoms with Crippen LogP contribution in [-0.2, 0) is 27.3 Å². The normalized spacial score (nSPS) is 13.6. The van der Waals surface area contributed by atoms with E-state index in [2.05, 4.69) is 30.2 Å². The standard InChI is InChI=1S/C30H38BN5O6/c1-19(2)16-20-10-7-11-21-17-22(32-25(20)21)18-36-15-9-12-23(28(36)39)33-27(38)26(42-29(40)35(5)6)30(31,41)14-8-13-24(37)34(3)4/h7-13,15,17,19,26,32,41H,14,16,18H2,1-6H3,(H,33,38)/b13-8+. The minimum atomic E-state index is -2.40. The van der Waals surface area contributed by atoms with Gasteiger partial charge < -0.3 is 34.5 Å². The summed E-state index contributed by atoms with van der Waals surface area (Å²) < 4.78 is 6.63. The molecule has 42 heavy (non-hydrogen) atoms. The summed E-state index contributed by atoms with van der Waals surface area (Å²) in [5.41, 5.74) is 0.00852. The molecule has 2 aromatic heterocycles. The average Bonchev–Trinajstić information content (AvgIpc) is 3.32. The molecule has 222 valence electrons. The summed E-state index contributed by atoms with van der Waals surface area (Å²) in [6.07, 6.45) is 1.70. The van der Waals surface area contributed by atoms with Gasteiger partial charge in [0, 0.05) is 45.6 Å². The van der Waals surface area contributed by atoms with Crippen molar-refractivity contribution in [1.29, 1.82) is 0 Å². The third kappa shape index (κ3) is 8.13. The molecule has 0 saturated carbocycles. The summed E-state index contributed by atoms with van der Waals surface area (Å²) in [7, 11) is 11.9. The SMILES string of the molecule is [B]C(O)(C/C=C/C(=O)N(C)C)C(OC(=O)N(C)C)C(=O)Nc1cccn(Cc2cc3cccc(CC(C)C)c3[nH]2)c1=O. The van der Waals surface area contributed by atoms with Gasteiger partial charge in [-0.2, -0.15) is 0 Å². The lowest BCUT2D eigenvalue weighted by Gasteiger charge is -2.32. The Labute approximate surface area is 246 Å². The van der Waals surface area contributed by atoms with E-state index >= 15 is 0 Å². The summed E-state index contributed by atoms with van der Waals surface area (Å²) in [5, 5.41) is 14.4. The summed E-state index contributed by atoms with van der Waals surface area (Å²) in [5.74, 6) is -0.900. The first-order chi connectivity index (χ1) is 19.7. The number of para-hydroxylation sites is 1. The maximum atomic E-state index is 13.3. The molecule has 2 unspecified atom stereocenters. The topological polar surface area (TPSA) is 137 Å². The number of ether oxygens (including phenoxy) is 1. The molecule has 3 rings (SSSR count). The number of nitrogens with one attached hydrogen (secondary N) is 2. The molecule has 0 bridgehead atoms. The molecular formula is C30H38BN5O6. The van der Waals surface area contributed by atoms with Crippen LogP contribution in [0.1, 0.15) is 31.5 Å². The first-order valence-electron chi connectivity index (χ1n) is 13.6. The van der Waals surface area contributed by atoms with Gasteiger partial charge in [-0.1, -0.05) is 38.1 Å². The summed E-state index contributed by atoms with van der Waals surface area (Å²) in [6, 6.07) is 11.1. The highest BCUT2D eigenvalue weighted by atomic mass is 16.6. The lowest BCUT2D eigenvalue weighted by molar-refractivity contribution is -0.133. The molecule has 1 aromatic carbocycles. The van der Waals surface area contributed by atoms with E-state index in [9.17, 15) is 24.3 Å². The number of hydrogen-bond acceptors (Lipinski definition) is 6. The van der Waals surface area contributed by atoms with Gasteiger partial charge in [0.05, 0.1) is 12.0 Å². The molecule has 2 radical (unpaired) electrons. The Balaban J connectivity index is 1.85. The number of carbonyl (C=O) groups excluding carboxylic acids is 3. The fourth-order valence-electron chi connectivity index (χ4n) is 4.30. The third-order valence-corrected chi connectivity index (χ3v) is 6.47. The second kappa shape index (κ2) is 13.6. The molecule has 0 fully saturated rings. The first-order valence-corrected chi connectivity index (χ1v) is 13.6. The Morgan fingerprint density at radius 1 is 1.14 bits per heavy atom. The van der Waals surface area contributed by atoms with E-state index in [1.54, 1.807) is 26.4 Å². The minimum Gasteiger partial charge on any atom is -0.434 e. The second-order valence-corrected chi connectivity index (χ2v) is 11.1. The van der Waals surface area contributed by atoms with Crippen molar-refractivity contribution in [3.05, 3.63) is 76.4 Å². The maximum absolute atomic E-state index is 13.3. The molecule has 0 aliphatic heterocycles. The number of aromatic nitrogens is 2. The zero-order valence-corrected chi connectivity index (χ0v) is 24.9. The highest BCUT2D eigenvalue weighted by molar-refractivity contribution is 6.18. The number of aromatic amines is 1. The van der Waals surface area contributed by atoms with Crippen LogP contribution in [0.25, 0.3) is 10.9 Å². The number of hydrogen-bond donors (Lipinski definition) is 3. The zero-order chi connectivity index (χ0) is 31.2. The monoisotopic (exact) mass is 575 g/mol. The van der Waals surface area contributed by atoms with E-state index in [1.807, 2.05) is 18.2 Å². The van der Waals surface area contributed by atoms with Gasteiger partial charge in [0.2, 0.25) is 12.0 Å². The van der Waals surface area contributed by atoms with Crippen LogP contribution in [0.5, 0.6) is 0 Å². The number of benzene rings is 1. The van der Waals surface area contributed by atoms with Crippen LogP contribution in [0.3, 0.4) is 0 Å². The average molecular weight is 575 g/mol. The van der Waals surface area contributed by atoms with E-state index < -0.39 is 35.6 Å². The van der Waals surface area contributed by atoms with Crippen LogP contribution in [0.15, 0.2) is 59.5 Å². The van der Waals surface area contributed by atoms with Gasteiger partial charge in [0.25, 0.3) is 11.5 Å². The van der Waals surface area contributed by atoms with Crippen molar-refractivity contribution in [3.63, 3.8) is 0 Å². The zero-order valence-electron chi connectivity index (χ0n) is 24.9. The Hall–Kier alpha value is -4.32. The lowest BCUT2D eigenvalue weighted by atomic mass is 9.73. The number of likely N-dealkylation sites (N-methyl/N-ethyl adjacent to an activating group) is 1. The lowest BCUT2D eigenvalue weighted by Crippen LogP contribution is -2.53. The van der Waals surface area contributed by atoms with Crippen molar-refractivity contribution < 1.29 is 24.2 Å². The Kier molecular flexibility index (Phi) is 10.4. The van der Waals surface area contributed by atoms with E-state index in [-0.39, 0.29) is 18.1 Å². The van der Waals surface area contributed by atoms with E-state index in [1.165, 1.54) is 47.3 Å². The van der Waals surface area contributed by atoms with Crippen LogP contribution in [0, 0.1) is 5.92 Å². The Bertz CT molecular complexity index is 1520. The highest BCUT2D eigenvalue weighted by Crippen LogP contribution is 2.23. The Morgan fingerprint density at radius 3 is 2.50 bits per heavy atom. The largest absolute Gasteiger partial charge is 0.434 e. The third-order valence-electron chi connectivity index (χ3n) is 6.47. The molecule has 3 aromatic rings. The molecule has 0 spiro atoms. The molecule has 3 N–H and O–H groups in total. The Morgan fingerprint density at radius 2 is 1.86 bits per heavy atom. The predicted molar refractivity (Wildman–Crippen MR) is 162 cm³/mol. The van der Waals surface area contributed by atoms with Gasteiger partial charge in [-0.05, 0) is 54.0 Å². The first kappa shape index (κ1) is 32.2. The highest BCUT2D eigenvalue weighted by Gasteiger charge is 2.40. The van der Waals surface area contributed by atoms with Crippen LogP contribution in [-0.4, -0.2) is 90.0 Å². The van der Waals surface area contributed by atoms with Crippen molar-refractivity contribution in [1.82, 2.24) is 19.4 Å². The molecular weight excluding hydrogens is 537 g/mol. The summed E-state index contributed by atoms with van der Waals surface area (Å²) in [4.78, 5) is 56.6. The molecule has 3 amide bonds. The number of aliphatic hydroxyl groups is 1. The smallest absolute Gasteiger partial charge is 0.410 e. The number of anilines is 1. The van der Waals surface area contributed by atoms with Crippen molar-refractivity contribution in [2.24, 2.45) is 5.92 Å². The van der Waals surface area contributed by atoms with E-state index in [4.69, 9.17) is 12.6 Å². The van der Waals surface area contributed by atoms with Gasteiger partial charge in [-0.15, -0.1) is 0 Å². The van der Waals surface area contributed by atoms with E-state index in [0.29, 0.717) is 5.92 Å². The molecule has 0 saturated heterocycles. The van der Waals surface area contributed by atoms with Gasteiger partial charge >= 0.3 is 6.09 Å². The molecule has 2 heterocycles. The van der Waals surface area contributed by atoms with Crippen LogP contribution in [0.4, 0.5) is 10.5 Å². The summed E-state index contributed by atoms with van der Waals surface area (Å²) >= 11 is 0. The number of carbonyl (C=O) groups is 3. The van der Waals surface area contributed by atoms with Crippen LogP contribution in [0.2, 0.25) is 0 Å². The van der Waals surface area contributed by atoms with Gasteiger partial charge in [0.1, 0.15) is 13.5 Å². The second-order valence-electron chi connectivity index (χ2n) is 11.1. The fourth-order valence-corrected chi connectivity index (χ4v) is 4.30. The van der Waals surface area contributed by atoms with Gasteiger partial charge in [-0.3, -0.25) is 14.4 Å². The quantitative estimate of drug-likeness (QED) is 0.237. The molecule has 12 heteroatoms. The number of nitrogens with zero attached hydrogens (tertiary/aromatic N) is 3. The number of H-pyrrole nitrogens is 1. The molecule has 0 aliphatic carbocycles. The van der Waals surface area contributed by atoms with Crippen molar-refractivity contribution in [3.8, 4) is 0 Å². The van der Waals surface area contributed by atoms with E-state index in [0.717, 1.165) is 27.9 Å². The van der Waals surface area contributed by atoms with Gasteiger partial charge in [-0.25, -0.2) is 4.79 Å². The number of rotatable bonds is 11. The number of fused-ring (bicyclic) bond motifs is 1. The van der Waals surface area contributed by atoms with Crippen LogP contribution < -0.4 is 10.9 Å². The number of amides is 3. The fraction of sp³-hybridized carbons (Fsp3) is 0.400. The van der Waals surface area contributed by atoms with Crippen molar-refractivity contribution in [2.45, 2.75) is 44.8 Å². The number of pyridine rings is 1. The molecule has 11 nitrogen and oxygen atoms in total. The van der Waals surface area contributed by atoms with Crippen molar-refractivity contribution >= 4 is 42.3 Å². The maximum Gasteiger partial charge on any atom is 0.410 e. The van der Waals surface area contributed by atoms with Crippen LogP contribution >= 0.6 is 0 Å².